The van der Waals surface area contributed by atoms with E-state index in [2.05, 4.69) is 20.8 Å². The Morgan fingerprint density at radius 1 is 1.30 bits per heavy atom. The number of aliphatic carboxylic acids is 1. The van der Waals surface area contributed by atoms with Crippen LogP contribution in [-0.4, -0.2) is 40.8 Å². The van der Waals surface area contributed by atoms with Gasteiger partial charge in [-0.15, -0.1) is 0 Å². The van der Waals surface area contributed by atoms with Gasteiger partial charge in [0.05, 0.1) is 6.10 Å². The van der Waals surface area contributed by atoms with E-state index in [1.807, 2.05) is 0 Å². The van der Waals surface area contributed by atoms with Crippen molar-refractivity contribution in [2.45, 2.75) is 58.7 Å². The first-order chi connectivity index (χ1) is 9.31. The first-order valence-corrected chi connectivity index (χ1v) is 7.35. The van der Waals surface area contributed by atoms with Gasteiger partial charge in [0.1, 0.15) is 6.61 Å². The molecule has 1 saturated carbocycles. The van der Waals surface area contributed by atoms with Gasteiger partial charge in [0.25, 0.3) is 0 Å². The van der Waals surface area contributed by atoms with Crippen LogP contribution in [0.5, 0.6) is 0 Å². The molecule has 1 aliphatic rings. The molecule has 0 spiro atoms. The molecule has 1 rings (SSSR count). The summed E-state index contributed by atoms with van der Waals surface area (Å²) in [6.07, 6.45) is 1.28. The molecular weight excluding hydrogens is 260 g/mol. The standard InChI is InChI=1S/C15H26O5/c1-9(2)12-5-4-10(3)6-14(12)20-8-11(16)7-13(17)15(18)19/h9-10,12-14,17H,4-8H2,1-3H3,(H,18,19). The van der Waals surface area contributed by atoms with E-state index < -0.39 is 12.1 Å². The molecule has 0 bridgehead atoms. The molecule has 4 atom stereocenters. The number of carboxylic acid groups (broad SMARTS) is 1. The number of Topliss-reactive ketones (excluding diaryl/α,β-unsaturated/α-hetero) is 1. The number of ether oxygens (including phenoxy) is 1. The quantitative estimate of drug-likeness (QED) is 0.746. The molecule has 0 heterocycles. The van der Waals surface area contributed by atoms with Gasteiger partial charge in [-0.1, -0.05) is 27.2 Å². The van der Waals surface area contributed by atoms with E-state index in [-0.39, 0.29) is 24.9 Å². The molecular formula is C15H26O5. The van der Waals surface area contributed by atoms with Crippen LogP contribution in [0.25, 0.3) is 0 Å². The fourth-order valence-electron chi connectivity index (χ4n) is 2.87. The highest BCUT2D eigenvalue weighted by Crippen LogP contribution is 2.35. The van der Waals surface area contributed by atoms with Crippen LogP contribution in [0.4, 0.5) is 0 Å². The predicted octanol–water partition coefficient (Wildman–Crippen LogP) is 1.87. The summed E-state index contributed by atoms with van der Waals surface area (Å²) < 4.78 is 5.72. The van der Waals surface area contributed by atoms with Gasteiger partial charge in [0.15, 0.2) is 11.9 Å². The average molecular weight is 286 g/mol. The molecule has 0 saturated heterocycles. The Morgan fingerprint density at radius 3 is 2.50 bits per heavy atom. The lowest BCUT2D eigenvalue weighted by atomic mass is 9.75. The highest BCUT2D eigenvalue weighted by atomic mass is 16.5. The van der Waals surface area contributed by atoms with Crippen LogP contribution in [0.15, 0.2) is 0 Å². The van der Waals surface area contributed by atoms with Crippen LogP contribution >= 0.6 is 0 Å². The third-order valence-electron chi connectivity index (χ3n) is 4.13. The van der Waals surface area contributed by atoms with Crippen molar-refractivity contribution in [1.29, 1.82) is 0 Å². The monoisotopic (exact) mass is 286 g/mol. The number of carbonyl (C=O) groups is 2. The van der Waals surface area contributed by atoms with Crippen LogP contribution in [0.3, 0.4) is 0 Å². The van der Waals surface area contributed by atoms with E-state index >= 15 is 0 Å². The number of carboxylic acids is 1. The molecule has 1 fully saturated rings. The third kappa shape index (κ3) is 5.21. The Labute approximate surface area is 120 Å². The minimum Gasteiger partial charge on any atom is -0.479 e. The lowest BCUT2D eigenvalue weighted by Crippen LogP contribution is -2.36. The van der Waals surface area contributed by atoms with Crippen molar-refractivity contribution in [2.75, 3.05) is 6.61 Å². The van der Waals surface area contributed by atoms with Gasteiger partial charge in [-0.3, -0.25) is 4.79 Å². The molecule has 5 nitrogen and oxygen atoms in total. The Hall–Kier alpha value is -0.940. The van der Waals surface area contributed by atoms with Crippen LogP contribution in [0.1, 0.15) is 46.5 Å². The van der Waals surface area contributed by atoms with Crippen LogP contribution in [0, 0.1) is 17.8 Å². The topological polar surface area (TPSA) is 83.8 Å². The van der Waals surface area contributed by atoms with E-state index in [0.717, 1.165) is 12.8 Å². The second-order valence-corrected chi connectivity index (χ2v) is 6.27. The average Bonchev–Trinajstić information content (AvgIpc) is 2.35. The number of hydrogen-bond donors (Lipinski definition) is 2. The van der Waals surface area contributed by atoms with E-state index in [1.165, 1.54) is 6.42 Å². The van der Waals surface area contributed by atoms with Crippen LogP contribution in [0.2, 0.25) is 0 Å². The SMILES string of the molecule is CC1CCC(C(C)C)C(OCC(=O)CC(O)C(=O)O)C1. The van der Waals surface area contributed by atoms with E-state index in [4.69, 9.17) is 14.9 Å². The van der Waals surface area contributed by atoms with Gasteiger partial charge >= 0.3 is 5.97 Å². The van der Waals surface area contributed by atoms with Gasteiger partial charge in [0, 0.05) is 6.42 Å². The van der Waals surface area contributed by atoms with Crippen molar-refractivity contribution in [2.24, 2.45) is 17.8 Å². The number of aliphatic hydroxyl groups is 1. The summed E-state index contributed by atoms with van der Waals surface area (Å²) in [5, 5.41) is 17.7. The first kappa shape index (κ1) is 17.1. The Balaban J connectivity index is 2.45. The zero-order chi connectivity index (χ0) is 15.3. The third-order valence-corrected chi connectivity index (χ3v) is 4.13. The maximum Gasteiger partial charge on any atom is 0.332 e. The van der Waals surface area contributed by atoms with Gasteiger partial charge < -0.3 is 14.9 Å². The van der Waals surface area contributed by atoms with Gasteiger partial charge in [-0.05, 0) is 30.6 Å². The van der Waals surface area contributed by atoms with Crippen molar-refractivity contribution >= 4 is 11.8 Å². The minimum absolute atomic E-state index is 0.0599. The van der Waals surface area contributed by atoms with Crippen LogP contribution < -0.4 is 0 Å². The zero-order valence-electron chi connectivity index (χ0n) is 12.5. The van der Waals surface area contributed by atoms with E-state index in [0.29, 0.717) is 17.8 Å². The Morgan fingerprint density at radius 2 is 1.95 bits per heavy atom. The number of carbonyl (C=O) groups excluding carboxylic acids is 1. The highest BCUT2D eigenvalue weighted by Gasteiger charge is 2.32. The van der Waals surface area contributed by atoms with Crippen molar-refractivity contribution in [1.82, 2.24) is 0 Å². The predicted molar refractivity (Wildman–Crippen MR) is 74.3 cm³/mol. The number of aliphatic hydroxyl groups excluding tert-OH is 1. The smallest absolute Gasteiger partial charge is 0.332 e. The Kier molecular flexibility index (Phi) is 6.62. The molecule has 116 valence electrons. The van der Waals surface area contributed by atoms with Gasteiger partial charge in [-0.25, -0.2) is 4.79 Å². The van der Waals surface area contributed by atoms with Crippen molar-refractivity contribution in [3.63, 3.8) is 0 Å². The van der Waals surface area contributed by atoms with Gasteiger partial charge in [0.2, 0.25) is 0 Å². The molecule has 2 N–H and O–H groups in total. The fourth-order valence-corrected chi connectivity index (χ4v) is 2.87. The number of ketones is 1. The van der Waals surface area contributed by atoms with E-state index in [1.54, 1.807) is 0 Å². The molecule has 0 aromatic carbocycles. The molecule has 5 heteroatoms. The maximum atomic E-state index is 11.6. The lowest BCUT2D eigenvalue weighted by Gasteiger charge is -2.37. The molecule has 0 radical (unpaired) electrons. The molecule has 0 aromatic rings. The highest BCUT2D eigenvalue weighted by molar-refractivity contribution is 5.85. The minimum atomic E-state index is -1.63. The molecule has 1 aliphatic carbocycles. The summed E-state index contributed by atoms with van der Waals surface area (Å²) in [7, 11) is 0. The lowest BCUT2D eigenvalue weighted by molar-refractivity contribution is -0.150. The second-order valence-electron chi connectivity index (χ2n) is 6.27. The van der Waals surface area contributed by atoms with Crippen molar-refractivity contribution < 1.29 is 24.5 Å². The summed E-state index contributed by atoms with van der Waals surface area (Å²) in [6.45, 7) is 6.40. The normalized spacial score (nSPS) is 28.4. The largest absolute Gasteiger partial charge is 0.479 e. The molecule has 0 aliphatic heterocycles. The Bertz CT molecular complexity index is 339. The first-order valence-electron chi connectivity index (χ1n) is 7.35. The van der Waals surface area contributed by atoms with Crippen LogP contribution in [-0.2, 0) is 14.3 Å². The van der Waals surface area contributed by atoms with Crippen molar-refractivity contribution in [3.05, 3.63) is 0 Å². The molecule has 4 unspecified atom stereocenters. The summed E-state index contributed by atoms with van der Waals surface area (Å²) >= 11 is 0. The fraction of sp³-hybridized carbons (Fsp3) is 0.867. The molecule has 0 amide bonds. The molecule has 0 aromatic heterocycles. The molecule has 20 heavy (non-hydrogen) atoms. The van der Waals surface area contributed by atoms with E-state index in [9.17, 15) is 9.59 Å². The summed E-state index contributed by atoms with van der Waals surface area (Å²) in [5.74, 6) is -0.185. The summed E-state index contributed by atoms with van der Waals surface area (Å²) in [6, 6.07) is 0. The number of rotatable bonds is 7. The summed E-state index contributed by atoms with van der Waals surface area (Å²) in [5.41, 5.74) is 0. The van der Waals surface area contributed by atoms with Crippen molar-refractivity contribution in [3.8, 4) is 0 Å². The zero-order valence-corrected chi connectivity index (χ0v) is 12.5. The second kappa shape index (κ2) is 7.74. The number of hydrogen-bond acceptors (Lipinski definition) is 4. The maximum absolute atomic E-state index is 11.6. The summed E-state index contributed by atoms with van der Waals surface area (Å²) in [4.78, 5) is 22.1. The van der Waals surface area contributed by atoms with Gasteiger partial charge in [-0.2, -0.15) is 0 Å².